The first kappa shape index (κ1) is 20.4. The number of nitrogens with zero attached hydrogens (tertiary/aromatic N) is 4. The second-order valence-corrected chi connectivity index (χ2v) is 8.66. The summed E-state index contributed by atoms with van der Waals surface area (Å²) in [7, 11) is 0. The van der Waals surface area contributed by atoms with Crippen LogP contribution in [0.1, 0.15) is 5.56 Å². The van der Waals surface area contributed by atoms with Gasteiger partial charge in [0.1, 0.15) is 12.0 Å². The van der Waals surface area contributed by atoms with Gasteiger partial charge in [0.2, 0.25) is 0 Å². The number of halogens is 1. The molecule has 0 aliphatic carbocycles. The standard InChI is InChI=1S/C28H20ClN5/c1-18-6-13-22(14-7-18)34-17-30-25-16-21(12-15-26(25)34)31-28-24-5-3-2-4-23(24)27(32-33-28)19-8-10-20(29)11-9-19/h2-17H,1H3,(H,31,33). The molecule has 0 unspecified atom stereocenters. The molecule has 164 valence electrons. The zero-order chi connectivity index (χ0) is 23.1. The van der Waals surface area contributed by atoms with Gasteiger partial charge in [-0.15, -0.1) is 10.2 Å². The van der Waals surface area contributed by atoms with Crippen molar-refractivity contribution in [3.63, 3.8) is 0 Å². The number of fused-ring (bicyclic) bond motifs is 2. The lowest BCUT2D eigenvalue weighted by molar-refractivity contribution is 1.06. The van der Waals surface area contributed by atoms with Crippen molar-refractivity contribution in [2.24, 2.45) is 0 Å². The third-order valence-electron chi connectivity index (χ3n) is 5.93. The molecule has 6 aromatic rings. The van der Waals surface area contributed by atoms with Crippen LogP contribution in [-0.4, -0.2) is 19.7 Å². The van der Waals surface area contributed by atoms with E-state index in [1.54, 1.807) is 0 Å². The van der Waals surface area contributed by atoms with E-state index in [0.29, 0.717) is 10.8 Å². The first-order valence-electron chi connectivity index (χ1n) is 11.0. The molecule has 0 bridgehead atoms. The summed E-state index contributed by atoms with van der Waals surface area (Å²) in [6.45, 7) is 2.09. The Bertz CT molecular complexity index is 1640. The second-order valence-electron chi connectivity index (χ2n) is 8.23. The number of hydrogen-bond donors (Lipinski definition) is 1. The number of nitrogens with one attached hydrogen (secondary N) is 1. The van der Waals surface area contributed by atoms with E-state index >= 15 is 0 Å². The SMILES string of the molecule is Cc1ccc(-n2cnc3cc(Nc4nnc(-c5ccc(Cl)cc5)c5ccccc45)ccc32)cc1. The van der Waals surface area contributed by atoms with Crippen molar-refractivity contribution in [3.8, 4) is 16.9 Å². The van der Waals surface area contributed by atoms with Gasteiger partial charge in [0.25, 0.3) is 0 Å². The van der Waals surface area contributed by atoms with Gasteiger partial charge in [-0.1, -0.05) is 65.7 Å². The minimum atomic E-state index is 0.694. The fourth-order valence-electron chi connectivity index (χ4n) is 4.16. The van der Waals surface area contributed by atoms with Crippen LogP contribution < -0.4 is 5.32 Å². The summed E-state index contributed by atoms with van der Waals surface area (Å²) >= 11 is 6.06. The lowest BCUT2D eigenvalue weighted by Gasteiger charge is -2.12. The van der Waals surface area contributed by atoms with Crippen LogP contribution in [0.15, 0.2) is 97.3 Å². The van der Waals surface area contributed by atoms with E-state index < -0.39 is 0 Å². The molecule has 2 aromatic heterocycles. The van der Waals surface area contributed by atoms with Crippen molar-refractivity contribution in [2.45, 2.75) is 6.92 Å². The molecule has 6 rings (SSSR count). The second kappa shape index (κ2) is 8.28. The smallest absolute Gasteiger partial charge is 0.161 e. The predicted molar refractivity (Wildman–Crippen MR) is 139 cm³/mol. The number of aryl methyl sites for hydroxylation is 1. The molecule has 2 heterocycles. The van der Waals surface area contributed by atoms with Crippen LogP contribution in [0.5, 0.6) is 0 Å². The Kier molecular flexibility index (Phi) is 4.97. The van der Waals surface area contributed by atoms with E-state index in [-0.39, 0.29) is 0 Å². The average Bonchev–Trinajstić information content (AvgIpc) is 3.29. The van der Waals surface area contributed by atoms with Crippen molar-refractivity contribution in [1.29, 1.82) is 0 Å². The summed E-state index contributed by atoms with van der Waals surface area (Å²) in [5.41, 5.74) is 6.97. The molecule has 0 aliphatic rings. The molecule has 1 N–H and O–H groups in total. The molecule has 0 atom stereocenters. The molecule has 0 spiro atoms. The maximum absolute atomic E-state index is 6.06. The van der Waals surface area contributed by atoms with E-state index in [4.69, 9.17) is 11.6 Å². The van der Waals surface area contributed by atoms with Crippen LogP contribution in [0.3, 0.4) is 0 Å². The number of rotatable bonds is 4. The van der Waals surface area contributed by atoms with Crippen molar-refractivity contribution in [2.75, 3.05) is 5.32 Å². The Hall–Kier alpha value is -4.22. The fraction of sp³-hybridized carbons (Fsp3) is 0.0357. The lowest BCUT2D eigenvalue weighted by atomic mass is 10.0. The van der Waals surface area contributed by atoms with Gasteiger partial charge in [-0.3, -0.25) is 4.57 Å². The van der Waals surface area contributed by atoms with Gasteiger partial charge < -0.3 is 5.32 Å². The van der Waals surface area contributed by atoms with Crippen molar-refractivity contribution >= 4 is 44.9 Å². The minimum absolute atomic E-state index is 0.694. The van der Waals surface area contributed by atoms with E-state index in [1.165, 1.54) is 5.56 Å². The molecule has 5 nitrogen and oxygen atoms in total. The van der Waals surface area contributed by atoms with Gasteiger partial charge in [-0.2, -0.15) is 0 Å². The van der Waals surface area contributed by atoms with Gasteiger partial charge >= 0.3 is 0 Å². The number of aromatic nitrogens is 4. The minimum Gasteiger partial charge on any atom is -0.338 e. The zero-order valence-electron chi connectivity index (χ0n) is 18.4. The first-order valence-corrected chi connectivity index (χ1v) is 11.4. The van der Waals surface area contributed by atoms with Crippen LogP contribution in [0, 0.1) is 6.92 Å². The van der Waals surface area contributed by atoms with Crippen LogP contribution in [-0.2, 0) is 0 Å². The number of hydrogen-bond acceptors (Lipinski definition) is 4. The van der Waals surface area contributed by atoms with Crippen LogP contribution in [0.25, 0.3) is 38.8 Å². The quantitative estimate of drug-likeness (QED) is 0.298. The summed E-state index contributed by atoms with van der Waals surface area (Å²) in [5, 5.41) is 15.2. The third-order valence-corrected chi connectivity index (χ3v) is 6.18. The highest BCUT2D eigenvalue weighted by molar-refractivity contribution is 6.30. The van der Waals surface area contributed by atoms with Crippen LogP contribution in [0.4, 0.5) is 11.5 Å². The number of imidazole rings is 1. The Morgan fingerprint density at radius 1 is 0.794 bits per heavy atom. The van der Waals surface area contributed by atoms with Gasteiger partial charge in [0.05, 0.1) is 11.0 Å². The summed E-state index contributed by atoms with van der Waals surface area (Å²) in [6.07, 6.45) is 1.86. The highest BCUT2D eigenvalue weighted by atomic mass is 35.5. The van der Waals surface area contributed by atoms with E-state index in [1.807, 2.05) is 54.9 Å². The maximum atomic E-state index is 6.06. The van der Waals surface area contributed by atoms with Gasteiger partial charge in [0, 0.05) is 32.7 Å². The molecule has 4 aromatic carbocycles. The highest BCUT2D eigenvalue weighted by Gasteiger charge is 2.12. The van der Waals surface area contributed by atoms with Gasteiger partial charge in [-0.05, 0) is 49.4 Å². The van der Waals surface area contributed by atoms with E-state index in [2.05, 4.69) is 74.5 Å². The molecule has 34 heavy (non-hydrogen) atoms. The molecule has 0 fully saturated rings. The molecule has 6 heteroatoms. The summed E-state index contributed by atoms with van der Waals surface area (Å²) < 4.78 is 2.09. The predicted octanol–water partition coefficient (Wildman–Crippen LogP) is 7.34. The fourth-order valence-corrected chi connectivity index (χ4v) is 4.28. The molecular weight excluding hydrogens is 442 g/mol. The number of anilines is 2. The van der Waals surface area contributed by atoms with Crippen LogP contribution >= 0.6 is 11.6 Å². The topological polar surface area (TPSA) is 55.6 Å². The molecule has 0 radical (unpaired) electrons. The molecular formula is C28H20ClN5. The van der Waals surface area contributed by atoms with Gasteiger partial charge in [0.15, 0.2) is 5.82 Å². The molecule has 0 amide bonds. The number of benzene rings is 4. The lowest BCUT2D eigenvalue weighted by Crippen LogP contribution is -1.99. The van der Waals surface area contributed by atoms with E-state index in [9.17, 15) is 0 Å². The summed E-state index contributed by atoms with van der Waals surface area (Å²) in [5.74, 6) is 0.700. The monoisotopic (exact) mass is 461 g/mol. The van der Waals surface area contributed by atoms with Crippen LogP contribution in [0.2, 0.25) is 5.02 Å². The first-order chi connectivity index (χ1) is 16.7. The van der Waals surface area contributed by atoms with Gasteiger partial charge in [-0.25, -0.2) is 4.98 Å². The average molecular weight is 462 g/mol. The normalized spacial score (nSPS) is 11.2. The van der Waals surface area contributed by atoms with Crippen molar-refractivity contribution in [3.05, 3.63) is 108 Å². The summed E-state index contributed by atoms with van der Waals surface area (Å²) in [6, 6.07) is 30.3. The van der Waals surface area contributed by atoms with E-state index in [0.717, 1.165) is 44.4 Å². The Balaban J connectivity index is 1.37. The Morgan fingerprint density at radius 3 is 2.35 bits per heavy atom. The maximum Gasteiger partial charge on any atom is 0.161 e. The molecule has 0 saturated heterocycles. The summed E-state index contributed by atoms with van der Waals surface area (Å²) in [4.78, 5) is 4.62. The Labute approximate surface area is 201 Å². The van der Waals surface area contributed by atoms with Crippen molar-refractivity contribution < 1.29 is 0 Å². The molecule has 0 aliphatic heterocycles. The Morgan fingerprint density at radius 2 is 1.56 bits per heavy atom. The largest absolute Gasteiger partial charge is 0.338 e. The highest BCUT2D eigenvalue weighted by Crippen LogP contribution is 2.32. The molecule has 0 saturated carbocycles. The van der Waals surface area contributed by atoms with Crippen molar-refractivity contribution in [1.82, 2.24) is 19.7 Å². The third kappa shape index (κ3) is 3.66. The zero-order valence-corrected chi connectivity index (χ0v) is 19.2.